The van der Waals surface area contributed by atoms with Crippen LogP contribution in [0.1, 0.15) is 91.2 Å². The number of amides is 1. The van der Waals surface area contributed by atoms with Gasteiger partial charge in [-0.2, -0.15) is 0 Å². The molecule has 0 saturated carbocycles. The Morgan fingerprint density at radius 2 is 1.36 bits per heavy atom. The molecule has 0 bridgehead atoms. The average molecular weight is 562 g/mol. The van der Waals surface area contributed by atoms with Gasteiger partial charge in [-0.05, 0) is 58.2 Å². The second-order valence-electron chi connectivity index (χ2n) is 13.3. The molecule has 4 aromatic carbocycles. The summed E-state index contributed by atoms with van der Waals surface area (Å²) in [5, 5.41) is 14.7. The highest BCUT2D eigenvalue weighted by molar-refractivity contribution is 6.00. The molecule has 1 aliphatic rings. The van der Waals surface area contributed by atoms with Gasteiger partial charge in [-0.15, -0.1) is 0 Å². The lowest BCUT2D eigenvalue weighted by molar-refractivity contribution is -0.144. The first-order valence-electron chi connectivity index (χ1n) is 14.4. The fraction of sp³-hybridized carbons (Fsp3) is 0.297. The van der Waals surface area contributed by atoms with Gasteiger partial charge in [0.1, 0.15) is 11.5 Å². The third-order valence-electron chi connectivity index (χ3n) is 8.12. The Balaban J connectivity index is 1.86. The van der Waals surface area contributed by atoms with Gasteiger partial charge in [0.15, 0.2) is 5.54 Å². The lowest BCUT2D eigenvalue weighted by Crippen LogP contribution is -2.59. The number of carbonyl (C=O) groups is 2. The van der Waals surface area contributed by atoms with Crippen molar-refractivity contribution in [3.8, 4) is 11.5 Å². The van der Waals surface area contributed by atoms with Crippen LogP contribution in [0.3, 0.4) is 0 Å². The van der Waals surface area contributed by atoms with E-state index in [4.69, 9.17) is 4.74 Å². The molecular formula is C37H39NO4. The number of carbonyl (C=O) groups excluding carboxylic acids is 2. The number of para-hydroxylation sites is 1. The highest BCUT2D eigenvalue weighted by Gasteiger charge is 2.55. The number of hydrogen-bond acceptors (Lipinski definition) is 4. The number of benzene rings is 4. The smallest absolute Gasteiger partial charge is 0.343 e. The zero-order valence-electron chi connectivity index (χ0n) is 25.4. The Bertz CT molecular complexity index is 1610. The van der Waals surface area contributed by atoms with Crippen molar-refractivity contribution in [3.63, 3.8) is 0 Å². The summed E-state index contributed by atoms with van der Waals surface area (Å²) in [6, 6.07) is 28.0. The summed E-state index contributed by atoms with van der Waals surface area (Å²) in [7, 11) is 0. The number of hydrogen-bond donors (Lipinski definition) is 2. The monoisotopic (exact) mass is 561 g/mol. The van der Waals surface area contributed by atoms with Gasteiger partial charge in [0.2, 0.25) is 0 Å². The van der Waals surface area contributed by atoms with Crippen molar-refractivity contribution in [2.75, 3.05) is 0 Å². The summed E-state index contributed by atoms with van der Waals surface area (Å²) in [5.74, 6) is -0.910. The van der Waals surface area contributed by atoms with Crippen molar-refractivity contribution in [3.05, 3.63) is 130 Å². The normalized spacial score (nSPS) is 18.6. The average Bonchev–Trinajstić information content (AvgIpc) is 2.93. The van der Waals surface area contributed by atoms with Crippen LogP contribution in [-0.4, -0.2) is 17.0 Å². The maximum atomic E-state index is 14.4. The summed E-state index contributed by atoms with van der Waals surface area (Å²) in [4.78, 5) is 28.4. The molecule has 2 N–H and O–H groups in total. The van der Waals surface area contributed by atoms with Crippen molar-refractivity contribution in [1.82, 2.24) is 5.32 Å². The van der Waals surface area contributed by atoms with E-state index in [-0.39, 0.29) is 11.7 Å². The van der Waals surface area contributed by atoms with E-state index in [0.29, 0.717) is 16.9 Å². The van der Waals surface area contributed by atoms with Crippen LogP contribution < -0.4 is 10.1 Å². The topological polar surface area (TPSA) is 75.6 Å². The van der Waals surface area contributed by atoms with Gasteiger partial charge in [-0.3, -0.25) is 4.79 Å². The summed E-state index contributed by atoms with van der Waals surface area (Å²) in [6.45, 7) is 14.3. The van der Waals surface area contributed by atoms with Gasteiger partial charge in [0, 0.05) is 11.1 Å². The molecule has 0 aromatic heterocycles. The Hall–Kier alpha value is -4.38. The second kappa shape index (κ2) is 10.5. The minimum absolute atomic E-state index is 0.249. The van der Waals surface area contributed by atoms with Crippen LogP contribution in [0.2, 0.25) is 0 Å². The number of phenolic OH excluding ortho intramolecular Hbond substituents is 1. The molecular weight excluding hydrogens is 522 g/mol. The minimum atomic E-state index is -1.60. The van der Waals surface area contributed by atoms with E-state index in [0.717, 1.165) is 27.8 Å². The van der Waals surface area contributed by atoms with Crippen LogP contribution in [0.4, 0.5) is 0 Å². The lowest BCUT2D eigenvalue weighted by atomic mass is 9.67. The Kier molecular flexibility index (Phi) is 7.26. The zero-order chi connectivity index (χ0) is 30.4. The second-order valence-corrected chi connectivity index (χ2v) is 13.3. The number of aromatic hydroxyl groups is 1. The van der Waals surface area contributed by atoms with Crippen molar-refractivity contribution in [2.24, 2.45) is 0 Å². The zero-order valence-corrected chi connectivity index (χ0v) is 25.4. The van der Waals surface area contributed by atoms with Crippen LogP contribution in [-0.2, 0) is 21.2 Å². The molecule has 2 atom stereocenters. The van der Waals surface area contributed by atoms with Crippen molar-refractivity contribution >= 4 is 11.9 Å². The molecule has 1 heterocycles. The number of ether oxygens (including phenoxy) is 1. The minimum Gasteiger partial charge on any atom is -0.507 e. The SMILES string of the molecule is Cc1ccc(C(=O)N[C@]2(c3ccccc3)C(=O)Oc3ccccc3[C@H]2c2cc(C(C)(C)C)c(O)c(C(C)(C)C)c2)cc1. The van der Waals surface area contributed by atoms with E-state index in [1.54, 1.807) is 18.2 Å². The van der Waals surface area contributed by atoms with E-state index >= 15 is 0 Å². The molecule has 1 amide bonds. The molecule has 1 aliphatic heterocycles. The van der Waals surface area contributed by atoms with Gasteiger partial charge in [-0.25, -0.2) is 4.79 Å². The Labute approximate surface area is 248 Å². The number of nitrogens with one attached hydrogen (secondary N) is 1. The fourth-order valence-electron chi connectivity index (χ4n) is 5.88. The van der Waals surface area contributed by atoms with Crippen LogP contribution in [0.15, 0.2) is 91.0 Å². The third kappa shape index (κ3) is 5.09. The van der Waals surface area contributed by atoms with Crippen molar-refractivity contribution in [2.45, 2.75) is 70.8 Å². The molecule has 42 heavy (non-hydrogen) atoms. The summed E-state index contributed by atoms with van der Waals surface area (Å²) in [5.41, 5.74) is 2.82. The van der Waals surface area contributed by atoms with Crippen LogP contribution in [0.25, 0.3) is 0 Å². The number of phenols is 1. The summed E-state index contributed by atoms with van der Waals surface area (Å²) in [6.07, 6.45) is 0. The molecule has 0 aliphatic carbocycles. The van der Waals surface area contributed by atoms with E-state index in [1.165, 1.54) is 0 Å². The predicted octanol–water partition coefficient (Wildman–Crippen LogP) is 7.67. The number of aryl methyl sites for hydroxylation is 1. The van der Waals surface area contributed by atoms with Gasteiger partial charge < -0.3 is 15.2 Å². The molecule has 0 spiro atoms. The summed E-state index contributed by atoms with van der Waals surface area (Å²) < 4.78 is 6.03. The van der Waals surface area contributed by atoms with E-state index in [9.17, 15) is 14.7 Å². The van der Waals surface area contributed by atoms with Crippen molar-refractivity contribution in [1.29, 1.82) is 0 Å². The highest BCUT2D eigenvalue weighted by atomic mass is 16.5. The maximum Gasteiger partial charge on any atom is 0.343 e. The van der Waals surface area contributed by atoms with Crippen LogP contribution >= 0.6 is 0 Å². The third-order valence-corrected chi connectivity index (χ3v) is 8.12. The number of fused-ring (bicyclic) bond motifs is 1. The molecule has 5 heteroatoms. The first-order valence-corrected chi connectivity index (χ1v) is 14.4. The first-order chi connectivity index (χ1) is 19.7. The standard InChI is InChI=1S/C37H39NO4/c1-23-17-19-24(20-18-23)33(40)38-37(26-13-9-8-10-14-26)31(27-15-11-12-16-30(27)42-34(37)41)25-21-28(35(2,3)4)32(39)29(22-25)36(5,6)7/h8-22,31,39H,1-7H3,(H,38,40)/t31-,37+/m1/s1. The lowest BCUT2D eigenvalue weighted by Gasteiger charge is -2.44. The quantitative estimate of drug-likeness (QED) is 0.198. The molecule has 5 nitrogen and oxygen atoms in total. The predicted molar refractivity (Wildman–Crippen MR) is 166 cm³/mol. The summed E-state index contributed by atoms with van der Waals surface area (Å²) >= 11 is 0. The molecule has 0 radical (unpaired) electrons. The van der Waals surface area contributed by atoms with Crippen LogP contribution in [0, 0.1) is 6.92 Å². The molecule has 0 fully saturated rings. The van der Waals surface area contributed by atoms with E-state index < -0.39 is 28.3 Å². The largest absolute Gasteiger partial charge is 0.507 e. The molecule has 5 rings (SSSR count). The van der Waals surface area contributed by atoms with Crippen molar-refractivity contribution < 1.29 is 19.4 Å². The van der Waals surface area contributed by atoms with Gasteiger partial charge >= 0.3 is 5.97 Å². The Morgan fingerprint density at radius 1 is 0.810 bits per heavy atom. The van der Waals surface area contributed by atoms with E-state index in [1.807, 2.05) is 79.7 Å². The molecule has 216 valence electrons. The van der Waals surface area contributed by atoms with E-state index in [2.05, 4.69) is 46.9 Å². The molecule has 0 saturated heterocycles. The van der Waals surface area contributed by atoms with Gasteiger partial charge in [0.25, 0.3) is 5.91 Å². The number of rotatable bonds is 4. The molecule has 4 aromatic rings. The fourth-order valence-corrected chi connectivity index (χ4v) is 5.88. The number of esters is 1. The van der Waals surface area contributed by atoms with Gasteiger partial charge in [-0.1, -0.05) is 120 Å². The van der Waals surface area contributed by atoms with Crippen LogP contribution in [0.5, 0.6) is 11.5 Å². The Morgan fingerprint density at radius 3 is 1.93 bits per heavy atom. The molecule has 0 unspecified atom stereocenters. The first kappa shape index (κ1) is 29.1. The van der Waals surface area contributed by atoms with Gasteiger partial charge in [0.05, 0.1) is 5.92 Å². The maximum absolute atomic E-state index is 14.4. The highest BCUT2D eigenvalue weighted by Crippen LogP contribution is 2.52.